The van der Waals surface area contributed by atoms with Crippen LogP contribution in [0.4, 0.5) is 0 Å². The first kappa shape index (κ1) is 18.7. The third-order valence-corrected chi connectivity index (χ3v) is 4.99. The van der Waals surface area contributed by atoms with Crippen LogP contribution in [0.1, 0.15) is 49.1 Å². The largest absolute Gasteiger partial charge is 0.493 e. The van der Waals surface area contributed by atoms with Crippen molar-refractivity contribution in [2.45, 2.75) is 44.9 Å². The lowest BCUT2D eigenvalue weighted by molar-refractivity contribution is 0.285. The first-order chi connectivity index (χ1) is 11.8. The van der Waals surface area contributed by atoms with Crippen LogP contribution in [0.25, 0.3) is 0 Å². The maximum Gasteiger partial charge on any atom is 0.161 e. The van der Waals surface area contributed by atoms with E-state index in [9.17, 15) is 0 Å². The molecule has 1 aromatic heterocycles. The fraction of sp³-hybridized carbons (Fsp3) is 0.526. The Morgan fingerprint density at radius 2 is 2.08 bits per heavy atom. The van der Waals surface area contributed by atoms with Crippen LogP contribution in [0.2, 0.25) is 0 Å². The van der Waals surface area contributed by atoms with Gasteiger partial charge in [0.2, 0.25) is 0 Å². The van der Waals surface area contributed by atoms with Gasteiger partial charge >= 0.3 is 0 Å². The molecule has 132 valence electrons. The van der Waals surface area contributed by atoms with Crippen LogP contribution in [0.5, 0.6) is 11.5 Å². The Bertz CT molecular complexity index is 587. The SMILES string of the molecule is CCCCCCOc1ccc(CC(CN)c2nccs2)cc1OC. The predicted octanol–water partition coefficient (Wildman–Crippen LogP) is 4.40. The molecule has 1 unspecified atom stereocenters. The molecule has 1 heterocycles. The summed E-state index contributed by atoms with van der Waals surface area (Å²) < 4.78 is 11.4. The van der Waals surface area contributed by atoms with Gasteiger partial charge in [-0.25, -0.2) is 4.98 Å². The summed E-state index contributed by atoms with van der Waals surface area (Å²) in [5, 5.41) is 3.08. The van der Waals surface area contributed by atoms with Crippen LogP contribution in [-0.2, 0) is 6.42 Å². The number of methoxy groups -OCH3 is 1. The second kappa shape index (κ2) is 10.3. The molecule has 4 nitrogen and oxygen atoms in total. The summed E-state index contributed by atoms with van der Waals surface area (Å²) >= 11 is 1.66. The molecule has 0 fully saturated rings. The van der Waals surface area contributed by atoms with E-state index in [1.165, 1.54) is 24.8 Å². The standard InChI is InChI=1S/C19H28N2O2S/c1-3-4-5-6-10-23-17-8-7-15(13-18(17)22-2)12-16(14-20)19-21-9-11-24-19/h7-9,11,13,16H,3-6,10,12,14,20H2,1-2H3. The van der Waals surface area contributed by atoms with Crippen LogP contribution >= 0.6 is 11.3 Å². The van der Waals surface area contributed by atoms with Crippen molar-refractivity contribution in [3.05, 3.63) is 40.3 Å². The summed E-state index contributed by atoms with van der Waals surface area (Å²) in [6.07, 6.45) is 7.48. The summed E-state index contributed by atoms with van der Waals surface area (Å²) in [4.78, 5) is 4.39. The van der Waals surface area contributed by atoms with Gasteiger partial charge in [0.15, 0.2) is 11.5 Å². The van der Waals surface area contributed by atoms with E-state index >= 15 is 0 Å². The summed E-state index contributed by atoms with van der Waals surface area (Å²) in [6, 6.07) is 6.15. The van der Waals surface area contributed by atoms with Gasteiger partial charge in [0.1, 0.15) is 0 Å². The minimum absolute atomic E-state index is 0.246. The molecule has 0 saturated heterocycles. The van der Waals surface area contributed by atoms with Crippen molar-refractivity contribution >= 4 is 11.3 Å². The Hall–Kier alpha value is -1.59. The average molecular weight is 349 g/mol. The summed E-state index contributed by atoms with van der Waals surface area (Å²) in [7, 11) is 1.68. The minimum Gasteiger partial charge on any atom is -0.493 e. The molecule has 0 aliphatic carbocycles. The van der Waals surface area contributed by atoms with Crippen LogP contribution in [0.15, 0.2) is 29.8 Å². The van der Waals surface area contributed by atoms with E-state index in [0.717, 1.165) is 36.0 Å². The first-order valence-corrected chi connectivity index (χ1v) is 9.55. The number of aromatic nitrogens is 1. The number of ether oxygens (including phenoxy) is 2. The summed E-state index contributed by atoms with van der Waals surface area (Å²) in [5.74, 6) is 1.85. The maximum absolute atomic E-state index is 5.93. The lowest BCUT2D eigenvalue weighted by Crippen LogP contribution is -2.15. The maximum atomic E-state index is 5.93. The molecule has 1 aromatic carbocycles. The Morgan fingerprint density at radius 3 is 2.75 bits per heavy atom. The number of nitrogens with zero attached hydrogens (tertiary/aromatic N) is 1. The number of nitrogens with two attached hydrogens (primary N) is 1. The van der Waals surface area contributed by atoms with Gasteiger partial charge < -0.3 is 15.2 Å². The third-order valence-electron chi connectivity index (χ3n) is 4.05. The second-order valence-corrected chi connectivity index (χ2v) is 6.83. The van der Waals surface area contributed by atoms with E-state index in [-0.39, 0.29) is 5.92 Å². The highest BCUT2D eigenvalue weighted by molar-refractivity contribution is 7.09. The van der Waals surface area contributed by atoms with Crippen molar-refractivity contribution in [1.82, 2.24) is 4.98 Å². The van der Waals surface area contributed by atoms with E-state index in [2.05, 4.69) is 24.0 Å². The molecule has 0 bridgehead atoms. The summed E-state index contributed by atoms with van der Waals surface area (Å²) in [5.41, 5.74) is 7.12. The monoisotopic (exact) mass is 348 g/mol. The molecule has 0 aliphatic rings. The zero-order valence-corrected chi connectivity index (χ0v) is 15.5. The highest BCUT2D eigenvalue weighted by Gasteiger charge is 2.15. The van der Waals surface area contributed by atoms with Crippen molar-refractivity contribution in [2.24, 2.45) is 5.73 Å². The molecule has 24 heavy (non-hydrogen) atoms. The Morgan fingerprint density at radius 1 is 1.21 bits per heavy atom. The van der Waals surface area contributed by atoms with Crippen LogP contribution in [0, 0.1) is 0 Å². The number of rotatable bonds is 11. The Labute approximate surface area is 149 Å². The Kier molecular flexibility index (Phi) is 8.05. The van der Waals surface area contributed by atoms with Crippen molar-refractivity contribution in [3.63, 3.8) is 0 Å². The molecule has 2 N–H and O–H groups in total. The van der Waals surface area contributed by atoms with Gasteiger partial charge in [-0.2, -0.15) is 0 Å². The Balaban J connectivity index is 1.97. The molecule has 0 radical (unpaired) electrons. The van der Waals surface area contributed by atoms with E-state index in [1.54, 1.807) is 18.4 Å². The van der Waals surface area contributed by atoms with E-state index in [1.807, 2.05) is 17.6 Å². The highest BCUT2D eigenvalue weighted by atomic mass is 32.1. The predicted molar refractivity (Wildman–Crippen MR) is 100 cm³/mol. The quantitative estimate of drug-likeness (QED) is 0.612. The lowest BCUT2D eigenvalue weighted by atomic mass is 9.99. The fourth-order valence-corrected chi connectivity index (χ4v) is 3.42. The zero-order chi connectivity index (χ0) is 17.2. The lowest BCUT2D eigenvalue weighted by Gasteiger charge is -2.15. The molecule has 2 rings (SSSR count). The molecule has 0 amide bonds. The normalized spacial score (nSPS) is 12.1. The highest BCUT2D eigenvalue weighted by Crippen LogP contribution is 2.31. The first-order valence-electron chi connectivity index (χ1n) is 8.67. The van der Waals surface area contributed by atoms with Crippen molar-refractivity contribution in [2.75, 3.05) is 20.3 Å². The number of hydrogen-bond acceptors (Lipinski definition) is 5. The zero-order valence-electron chi connectivity index (χ0n) is 14.7. The van der Waals surface area contributed by atoms with E-state index in [4.69, 9.17) is 15.2 Å². The van der Waals surface area contributed by atoms with Crippen molar-refractivity contribution < 1.29 is 9.47 Å². The van der Waals surface area contributed by atoms with E-state index < -0.39 is 0 Å². The molecule has 1 atom stereocenters. The van der Waals surface area contributed by atoms with Gasteiger partial charge in [-0.3, -0.25) is 0 Å². The number of thiazole rings is 1. The van der Waals surface area contributed by atoms with Gasteiger partial charge in [0.05, 0.1) is 18.7 Å². The van der Waals surface area contributed by atoms with Gasteiger partial charge in [0, 0.05) is 24.0 Å². The topological polar surface area (TPSA) is 57.4 Å². The smallest absolute Gasteiger partial charge is 0.161 e. The summed E-state index contributed by atoms with van der Waals surface area (Å²) in [6.45, 7) is 3.54. The van der Waals surface area contributed by atoms with E-state index in [0.29, 0.717) is 6.54 Å². The average Bonchev–Trinajstić information content (AvgIpc) is 3.14. The minimum atomic E-state index is 0.246. The molecule has 0 saturated carbocycles. The second-order valence-electron chi connectivity index (χ2n) is 5.90. The third kappa shape index (κ3) is 5.49. The molecular formula is C19H28N2O2S. The fourth-order valence-electron chi connectivity index (χ4n) is 2.66. The molecule has 5 heteroatoms. The molecular weight excluding hydrogens is 320 g/mol. The van der Waals surface area contributed by atoms with Gasteiger partial charge in [-0.15, -0.1) is 11.3 Å². The van der Waals surface area contributed by atoms with Crippen LogP contribution in [0.3, 0.4) is 0 Å². The van der Waals surface area contributed by atoms with Crippen LogP contribution < -0.4 is 15.2 Å². The van der Waals surface area contributed by atoms with Crippen molar-refractivity contribution in [3.8, 4) is 11.5 Å². The van der Waals surface area contributed by atoms with Gasteiger partial charge in [-0.05, 0) is 30.5 Å². The van der Waals surface area contributed by atoms with Gasteiger partial charge in [0.25, 0.3) is 0 Å². The van der Waals surface area contributed by atoms with Crippen LogP contribution in [-0.4, -0.2) is 25.2 Å². The number of benzene rings is 1. The molecule has 0 aliphatic heterocycles. The molecule has 2 aromatic rings. The van der Waals surface area contributed by atoms with Gasteiger partial charge in [-0.1, -0.05) is 32.3 Å². The molecule has 0 spiro atoms. The number of hydrogen-bond donors (Lipinski definition) is 1. The number of unbranched alkanes of at least 4 members (excludes halogenated alkanes) is 3. The van der Waals surface area contributed by atoms with Crippen molar-refractivity contribution in [1.29, 1.82) is 0 Å².